The molecule has 0 atom stereocenters. The van der Waals surface area contributed by atoms with Crippen LogP contribution in [0, 0.1) is 20.8 Å². The average Bonchev–Trinajstić information content (AvgIpc) is 3.19. The highest BCUT2D eigenvalue weighted by molar-refractivity contribution is 7.99. The van der Waals surface area contributed by atoms with Crippen LogP contribution in [0.1, 0.15) is 40.0 Å². The predicted molar refractivity (Wildman–Crippen MR) is 147 cm³/mol. The van der Waals surface area contributed by atoms with Crippen molar-refractivity contribution in [3.63, 3.8) is 0 Å². The van der Waals surface area contributed by atoms with Gasteiger partial charge < -0.3 is 5.32 Å². The molecule has 2 aromatic heterocycles. The Morgan fingerprint density at radius 2 is 1.80 bits per heavy atom. The lowest BCUT2D eigenvalue weighted by Gasteiger charge is -2.15. The summed E-state index contributed by atoms with van der Waals surface area (Å²) < 4.78 is 1.63. The molecule has 5 rings (SSSR count). The van der Waals surface area contributed by atoms with Crippen molar-refractivity contribution in [2.24, 2.45) is 0 Å². The predicted octanol–water partition coefficient (Wildman–Crippen LogP) is 6.64. The van der Waals surface area contributed by atoms with Gasteiger partial charge in [-0.15, -0.1) is 11.3 Å². The number of fused-ring (bicyclic) bond motifs is 3. The number of amides is 1. The molecule has 0 bridgehead atoms. The summed E-state index contributed by atoms with van der Waals surface area (Å²) in [6.07, 6.45) is 4.15. The Morgan fingerprint density at radius 3 is 2.51 bits per heavy atom. The average molecular weight is 524 g/mol. The van der Waals surface area contributed by atoms with Gasteiger partial charge in [0.25, 0.3) is 5.56 Å². The third-order valence-corrected chi connectivity index (χ3v) is 8.69. The van der Waals surface area contributed by atoms with E-state index >= 15 is 0 Å². The van der Waals surface area contributed by atoms with Gasteiger partial charge in [-0.3, -0.25) is 14.2 Å². The number of thiophene rings is 1. The van der Waals surface area contributed by atoms with Crippen molar-refractivity contribution in [3.8, 4) is 5.69 Å². The zero-order valence-corrected chi connectivity index (χ0v) is 22.3. The number of aryl methyl sites for hydroxylation is 5. The number of halogens is 1. The second-order valence-electron chi connectivity index (χ2n) is 9.01. The van der Waals surface area contributed by atoms with Crippen LogP contribution in [0.2, 0.25) is 5.02 Å². The fraction of sp³-hybridized carbons (Fsp3) is 0.296. The van der Waals surface area contributed by atoms with Gasteiger partial charge in [-0.05, 0) is 87.4 Å². The highest BCUT2D eigenvalue weighted by atomic mass is 35.5. The van der Waals surface area contributed by atoms with Crippen LogP contribution in [0.15, 0.2) is 46.3 Å². The summed E-state index contributed by atoms with van der Waals surface area (Å²) in [6.45, 7) is 6.03. The number of hydrogen-bond donors (Lipinski definition) is 1. The Labute approximate surface area is 217 Å². The number of nitrogens with zero attached hydrogens (tertiary/aromatic N) is 2. The van der Waals surface area contributed by atoms with Gasteiger partial charge in [-0.25, -0.2) is 4.98 Å². The molecule has 1 N–H and O–H groups in total. The van der Waals surface area contributed by atoms with Gasteiger partial charge >= 0.3 is 0 Å². The molecular weight excluding hydrogens is 498 g/mol. The molecule has 1 aliphatic rings. The van der Waals surface area contributed by atoms with Crippen molar-refractivity contribution < 1.29 is 4.79 Å². The Balaban J connectivity index is 1.51. The van der Waals surface area contributed by atoms with Gasteiger partial charge in [0.15, 0.2) is 5.16 Å². The minimum atomic E-state index is -0.132. The number of thioether (sulfide) groups is 1. The van der Waals surface area contributed by atoms with Gasteiger partial charge in [-0.2, -0.15) is 0 Å². The van der Waals surface area contributed by atoms with Crippen molar-refractivity contribution in [2.45, 2.75) is 51.6 Å². The standard InChI is InChI=1S/C27H26ClN3O2S2/c1-15-12-16(2)24(17(3)13-15)29-22(32)14-34-27-30-25-23(20-6-4-5-7-21(20)35-25)26(33)31(27)19-10-8-18(28)9-11-19/h8-13H,4-7,14H2,1-3H3,(H,29,32). The van der Waals surface area contributed by atoms with E-state index in [0.29, 0.717) is 15.9 Å². The summed E-state index contributed by atoms with van der Waals surface area (Å²) in [6, 6.07) is 11.3. The first kappa shape index (κ1) is 24.1. The van der Waals surface area contributed by atoms with E-state index in [2.05, 4.69) is 17.4 Å². The smallest absolute Gasteiger partial charge is 0.267 e. The maximum atomic E-state index is 13.8. The van der Waals surface area contributed by atoms with Crippen LogP contribution in [0.25, 0.3) is 15.9 Å². The number of rotatable bonds is 5. The number of benzene rings is 2. The Bertz CT molecular complexity index is 1480. The Morgan fingerprint density at radius 1 is 1.11 bits per heavy atom. The van der Waals surface area contributed by atoms with E-state index in [-0.39, 0.29) is 17.2 Å². The zero-order chi connectivity index (χ0) is 24.7. The Kier molecular flexibility index (Phi) is 6.75. The number of anilines is 1. The molecule has 0 aliphatic heterocycles. The van der Waals surface area contributed by atoms with E-state index in [1.165, 1.54) is 16.6 Å². The van der Waals surface area contributed by atoms with Crippen LogP contribution in [-0.2, 0) is 17.6 Å². The first-order valence-corrected chi connectivity index (χ1v) is 13.8. The molecule has 8 heteroatoms. The Hall–Kier alpha value is -2.61. The summed E-state index contributed by atoms with van der Waals surface area (Å²) in [5.41, 5.74) is 5.82. The molecule has 1 amide bonds. The molecule has 35 heavy (non-hydrogen) atoms. The van der Waals surface area contributed by atoms with E-state index in [9.17, 15) is 9.59 Å². The van der Waals surface area contributed by atoms with Crippen LogP contribution < -0.4 is 10.9 Å². The molecule has 0 saturated carbocycles. The van der Waals surface area contributed by atoms with E-state index in [0.717, 1.165) is 63.8 Å². The van der Waals surface area contributed by atoms with Crippen molar-refractivity contribution in [3.05, 3.63) is 78.9 Å². The number of aromatic nitrogens is 2. The monoisotopic (exact) mass is 523 g/mol. The molecule has 0 spiro atoms. The fourth-order valence-corrected chi connectivity index (χ4v) is 7.02. The van der Waals surface area contributed by atoms with Gasteiger partial charge in [-0.1, -0.05) is 41.1 Å². The SMILES string of the molecule is Cc1cc(C)c(NC(=O)CSc2nc3sc4c(c3c(=O)n2-c2ccc(Cl)cc2)CCCC4)c(C)c1. The van der Waals surface area contributed by atoms with Gasteiger partial charge in [0.1, 0.15) is 4.83 Å². The molecular formula is C27H26ClN3O2S2. The van der Waals surface area contributed by atoms with E-state index in [1.54, 1.807) is 28.0 Å². The first-order chi connectivity index (χ1) is 16.8. The minimum absolute atomic E-state index is 0.0788. The van der Waals surface area contributed by atoms with E-state index in [1.807, 2.05) is 32.9 Å². The second-order valence-corrected chi connectivity index (χ2v) is 11.5. The molecule has 0 fully saturated rings. The summed E-state index contributed by atoms with van der Waals surface area (Å²) >= 11 is 9.00. The normalized spacial score (nSPS) is 13.1. The molecule has 2 heterocycles. The summed E-state index contributed by atoms with van der Waals surface area (Å²) in [4.78, 5) is 33.6. The molecule has 0 radical (unpaired) electrons. The maximum absolute atomic E-state index is 13.8. The minimum Gasteiger partial charge on any atom is -0.325 e. The molecule has 0 unspecified atom stereocenters. The van der Waals surface area contributed by atoms with E-state index < -0.39 is 0 Å². The highest BCUT2D eigenvalue weighted by Crippen LogP contribution is 2.35. The quantitative estimate of drug-likeness (QED) is 0.235. The second kappa shape index (κ2) is 9.80. The van der Waals surface area contributed by atoms with Gasteiger partial charge in [0, 0.05) is 15.6 Å². The highest BCUT2D eigenvalue weighted by Gasteiger charge is 2.23. The van der Waals surface area contributed by atoms with Crippen molar-refractivity contribution in [1.29, 1.82) is 0 Å². The van der Waals surface area contributed by atoms with Crippen LogP contribution in [0.4, 0.5) is 5.69 Å². The number of hydrogen-bond acceptors (Lipinski definition) is 5. The maximum Gasteiger partial charge on any atom is 0.267 e. The van der Waals surface area contributed by atoms with Crippen LogP contribution in [0.5, 0.6) is 0 Å². The van der Waals surface area contributed by atoms with Gasteiger partial charge in [0.2, 0.25) is 5.91 Å². The number of carbonyl (C=O) groups excluding carboxylic acids is 1. The van der Waals surface area contributed by atoms with Crippen LogP contribution in [-0.4, -0.2) is 21.2 Å². The number of carbonyl (C=O) groups is 1. The van der Waals surface area contributed by atoms with Crippen LogP contribution in [0.3, 0.4) is 0 Å². The molecule has 5 nitrogen and oxygen atoms in total. The number of nitrogens with one attached hydrogen (secondary N) is 1. The lowest BCUT2D eigenvalue weighted by atomic mass is 9.97. The largest absolute Gasteiger partial charge is 0.325 e. The summed E-state index contributed by atoms with van der Waals surface area (Å²) in [5, 5.41) is 4.87. The third kappa shape index (κ3) is 4.77. The van der Waals surface area contributed by atoms with Crippen molar-refractivity contribution in [2.75, 3.05) is 11.1 Å². The van der Waals surface area contributed by atoms with Crippen molar-refractivity contribution in [1.82, 2.24) is 9.55 Å². The molecule has 180 valence electrons. The molecule has 0 saturated heterocycles. The van der Waals surface area contributed by atoms with Gasteiger partial charge in [0.05, 0.1) is 16.8 Å². The lowest BCUT2D eigenvalue weighted by Crippen LogP contribution is -2.23. The van der Waals surface area contributed by atoms with E-state index in [4.69, 9.17) is 16.6 Å². The zero-order valence-electron chi connectivity index (χ0n) is 19.9. The lowest BCUT2D eigenvalue weighted by molar-refractivity contribution is -0.113. The summed E-state index contributed by atoms with van der Waals surface area (Å²) in [7, 11) is 0. The molecule has 2 aromatic carbocycles. The first-order valence-electron chi connectivity index (χ1n) is 11.7. The summed E-state index contributed by atoms with van der Waals surface area (Å²) in [5.74, 6) is 0.0103. The molecule has 1 aliphatic carbocycles. The fourth-order valence-electron chi connectivity index (χ4n) is 4.78. The molecule has 4 aromatic rings. The van der Waals surface area contributed by atoms with Crippen LogP contribution >= 0.6 is 34.7 Å². The topological polar surface area (TPSA) is 64.0 Å². The van der Waals surface area contributed by atoms with Crippen molar-refractivity contribution >= 4 is 56.5 Å². The third-order valence-electron chi connectivity index (χ3n) is 6.32.